The Labute approximate surface area is 36.0 Å². The van der Waals surface area contributed by atoms with Crippen molar-refractivity contribution in [3.8, 4) is 0 Å². The minimum atomic E-state index is -0.754. The number of hydrogen-bond acceptors (Lipinski definition) is 1. The average molecular weight is 172 g/mol. The summed E-state index contributed by atoms with van der Waals surface area (Å²) in [6, 6.07) is 0. The predicted molar refractivity (Wildman–Crippen MR) is 18.2 cm³/mol. The fourth-order valence-electron chi connectivity index (χ4n) is 0. The van der Waals surface area contributed by atoms with E-state index < -0.39 is 21.3 Å². The molecule has 4 heavy (non-hydrogen) atoms. The van der Waals surface area contributed by atoms with Gasteiger partial charge in [-0.1, -0.05) is 0 Å². The van der Waals surface area contributed by atoms with Crippen molar-refractivity contribution in [1.29, 1.82) is 0 Å². The van der Waals surface area contributed by atoms with Crippen LogP contribution in [0.3, 0.4) is 0 Å². The van der Waals surface area contributed by atoms with Gasteiger partial charge in [0.25, 0.3) is 0 Å². The Bertz CT molecular complexity index is 20.0. The van der Waals surface area contributed by atoms with E-state index in [0.29, 0.717) is 0 Å². The fraction of sp³-hybridized carbons (Fsp3) is 0. The van der Waals surface area contributed by atoms with E-state index in [1.165, 1.54) is 0 Å². The Balaban J connectivity index is 2.30. The van der Waals surface area contributed by atoms with Gasteiger partial charge in [-0.05, 0) is 0 Å². The van der Waals surface area contributed by atoms with E-state index in [1.807, 2.05) is 0 Å². The zero-order valence-electron chi connectivity index (χ0n) is 2.14. The minimum absolute atomic E-state index is 0.754. The molecule has 0 bridgehead atoms. The summed E-state index contributed by atoms with van der Waals surface area (Å²) in [7, 11) is 0. The van der Waals surface area contributed by atoms with Crippen LogP contribution in [0.15, 0.2) is 10.7 Å². The third-order valence-electron chi connectivity index (χ3n) is 0.0745. The zero-order chi connectivity index (χ0) is 3.41. The molecule has 0 heterocycles. The summed E-state index contributed by atoms with van der Waals surface area (Å²) in [6.07, 6.45) is 0. The molecule has 0 aromatic heterocycles. The van der Waals surface area contributed by atoms with Crippen LogP contribution in [0.5, 0.6) is 0 Å². The van der Waals surface area contributed by atoms with Crippen molar-refractivity contribution in [2.45, 2.75) is 0 Å². The molecule has 1 nitrogen and oxygen atoms in total. The predicted octanol–water partition coefficient (Wildman–Crippen LogP) is -0.259. The molecule has 0 aromatic carbocycles. The maximum atomic E-state index is 7.89. The van der Waals surface area contributed by atoms with Crippen LogP contribution < -0.4 is 0 Å². The van der Waals surface area contributed by atoms with Crippen LogP contribution >= 0.6 is 0 Å². The summed E-state index contributed by atoms with van der Waals surface area (Å²) in [6.45, 7) is 3.29. The Morgan fingerprint density at radius 3 is 2.25 bits per heavy atom. The Hall–Kier alpha value is 0.490. The molecule has 0 aliphatic rings. The molecule has 0 aliphatic carbocycles. The number of rotatable bonds is 1. The van der Waals surface area contributed by atoms with Gasteiger partial charge in [0.2, 0.25) is 0 Å². The van der Waals surface area contributed by atoms with Gasteiger partial charge in [-0.15, -0.1) is 0 Å². The zero-order valence-corrected chi connectivity index (χ0v) is 4.47. The molecule has 0 saturated carbocycles. The molecule has 0 saturated heterocycles. The summed E-state index contributed by atoms with van der Waals surface area (Å²) in [5, 5.41) is 0. The van der Waals surface area contributed by atoms with Gasteiger partial charge in [-0.25, -0.2) is 0 Å². The van der Waals surface area contributed by atoms with Crippen molar-refractivity contribution in [1.82, 2.24) is 0 Å². The topological polar surface area (TPSA) is 20.2 Å². The summed E-state index contributed by atoms with van der Waals surface area (Å²) in [5.74, 6) is 0. The molecule has 0 aliphatic heterocycles. The standard InChI is InChI=1S/C2H4OTe/c1-2-4-3/h2-3H,1H2. The van der Waals surface area contributed by atoms with Crippen molar-refractivity contribution in [3.63, 3.8) is 0 Å². The molecule has 2 heteroatoms. The summed E-state index contributed by atoms with van der Waals surface area (Å²) in [5.41, 5.74) is 0. The van der Waals surface area contributed by atoms with Gasteiger partial charge in [-0.3, -0.25) is 0 Å². The summed E-state index contributed by atoms with van der Waals surface area (Å²) < 4.78 is 9.45. The second-order valence-electron chi connectivity index (χ2n) is 0.272. The maximum absolute atomic E-state index is 7.89. The Morgan fingerprint density at radius 1 is 2.00 bits per heavy atom. The van der Waals surface area contributed by atoms with Crippen molar-refractivity contribution < 1.29 is 3.47 Å². The molecule has 24 valence electrons. The van der Waals surface area contributed by atoms with E-state index >= 15 is 0 Å². The first-order valence-corrected chi connectivity index (χ1v) is 3.21. The van der Waals surface area contributed by atoms with Crippen LogP contribution in [-0.4, -0.2) is 24.8 Å². The van der Waals surface area contributed by atoms with Gasteiger partial charge < -0.3 is 0 Å². The van der Waals surface area contributed by atoms with Crippen molar-refractivity contribution in [2.75, 3.05) is 0 Å². The normalized spacial score (nSPS) is 6.25. The van der Waals surface area contributed by atoms with Crippen LogP contribution in [0.1, 0.15) is 0 Å². The first-order valence-electron chi connectivity index (χ1n) is 0.827. The Morgan fingerprint density at radius 2 is 2.25 bits per heavy atom. The molecule has 0 radical (unpaired) electrons. The molecule has 0 unspecified atom stereocenters. The molecular formula is C2H4OTe. The first kappa shape index (κ1) is 4.49. The Kier molecular flexibility index (Phi) is 3.92. The van der Waals surface area contributed by atoms with Gasteiger partial charge in [0.05, 0.1) is 0 Å². The second-order valence-corrected chi connectivity index (χ2v) is 1.83. The van der Waals surface area contributed by atoms with Gasteiger partial charge >= 0.3 is 35.5 Å². The van der Waals surface area contributed by atoms with E-state index in [4.69, 9.17) is 3.47 Å². The van der Waals surface area contributed by atoms with E-state index in [2.05, 4.69) is 6.58 Å². The van der Waals surface area contributed by atoms with E-state index in [0.717, 1.165) is 0 Å². The van der Waals surface area contributed by atoms with Crippen LogP contribution in [0.4, 0.5) is 0 Å². The van der Waals surface area contributed by atoms with E-state index in [-0.39, 0.29) is 0 Å². The molecule has 0 amide bonds. The monoisotopic (exact) mass is 174 g/mol. The van der Waals surface area contributed by atoms with Crippen molar-refractivity contribution in [3.05, 3.63) is 10.7 Å². The summed E-state index contributed by atoms with van der Waals surface area (Å²) >= 11 is -0.754. The molecule has 0 fully saturated rings. The van der Waals surface area contributed by atoms with E-state index in [9.17, 15) is 0 Å². The van der Waals surface area contributed by atoms with E-state index in [1.54, 1.807) is 4.12 Å². The number of hydrogen-bond donors (Lipinski definition) is 1. The first-order chi connectivity index (χ1) is 1.91. The van der Waals surface area contributed by atoms with Crippen LogP contribution in [0, 0.1) is 0 Å². The second kappa shape index (κ2) is 3.49. The third-order valence-corrected chi connectivity index (χ3v) is 0.500. The molecule has 0 spiro atoms. The molecule has 0 aromatic rings. The van der Waals surface area contributed by atoms with Crippen LogP contribution in [0.2, 0.25) is 0 Å². The summed E-state index contributed by atoms with van der Waals surface area (Å²) in [4.78, 5) is 0. The van der Waals surface area contributed by atoms with Crippen molar-refractivity contribution >= 4 is 21.3 Å². The quantitative estimate of drug-likeness (QED) is 0.540. The fourth-order valence-corrected chi connectivity index (χ4v) is 0. The molecule has 0 atom stereocenters. The third kappa shape index (κ3) is 2.49. The van der Waals surface area contributed by atoms with Gasteiger partial charge in [0.15, 0.2) is 0 Å². The molecule has 0 rings (SSSR count). The van der Waals surface area contributed by atoms with Gasteiger partial charge in [-0.2, -0.15) is 0 Å². The van der Waals surface area contributed by atoms with Gasteiger partial charge in [0.1, 0.15) is 0 Å². The van der Waals surface area contributed by atoms with Crippen molar-refractivity contribution in [2.24, 2.45) is 0 Å². The molecular weight excluding hydrogens is 168 g/mol. The van der Waals surface area contributed by atoms with Crippen LogP contribution in [-0.2, 0) is 0 Å². The molecule has 1 N–H and O–H groups in total. The average Bonchev–Trinajstić information content (AvgIpc) is 1.37. The van der Waals surface area contributed by atoms with Crippen LogP contribution in [0.25, 0.3) is 0 Å². The SMILES string of the molecule is C=C[Te]O. The van der Waals surface area contributed by atoms with Gasteiger partial charge in [0, 0.05) is 0 Å².